The Kier molecular flexibility index (Phi) is 2.08. The minimum Gasteiger partial charge on any atom is -0.492 e. The van der Waals surface area contributed by atoms with E-state index in [1.165, 1.54) is 13.0 Å². The van der Waals surface area contributed by atoms with Gasteiger partial charge in [0.2, 0.25) is 0 Å². The molecule has 0 saturated heterocycles. The highest BCUT2D eigenvalue weighted by molar-refractivity contribution is 6.02. The first-order valence-electron chi connectivity index (χ1n) is 4.45. The van der Waals surface area contributed by atoms with Crippen molar-refractivity contribution in [2.24, 2.45) is 0 Å². The Labute approximate surface area is 81.7 Å². The number of ketones is 2. The summed E-state index contributed by atoms with van der Waals surface area (Å²) < 4.78 is 5.35. The van der Waals surface area contributed by atoms with Gasteiger partial charge < -0.3 is 4.74 Å². The first-order valence-corrected chi connectivity index (χ1v) is 4.45. The number of hydrogen-bond donors (Lipinski definition) is 0. The highest BCUT2D eigenvalue weighted by Gasteiger charge is 2.23. The number of ether oxygens (including phenoxy) is 1. The minimum absolute atomic E-state index is 0.0172. The van der Waals surface area contributed by atoms with Crippen LogP contribution in [0.25, 0.3) is 0 Å². The molecule has 1 aliphatic heterocycles. The summed E-state index contributed by atoms with van der Waals surface area (Å²) in [7, 11) is 0. The molecule has 0 aromatic rings. The lowest BCUT2D eigenvalue weighted by molar-refractivity contribution is -0.117. The number of Topliss-reactive ketones (excluding diaryl/α,β-unsaturated/α-hetero) is 1. The zero-order valence-corrected chi connectivity index (χ0v) is 7.87. The van der Waals surface area contributed by atoms with Crippen molar-refractivity contribution in [3.8, 4) is 0 Å². The summed E-state index contributed by atoms with van der Waals surface area (Å²) in [6, 6.07) is 0. The molecule has 0 saturated carbocycles. The van der Waals surface area contributed by atoms with E-state index in [1.807, 2.05) is 0 Å². The van der Waals surface area contributed by atoms with E-state index in [9.17, 15) is 9.59 Å². The molecular formula is C11H10O3. The molecule has 14 heavy (non-hydrogen) atoms. The lowest BCUT2D eigenvalue weighted by Crippen LogP contribution is -1.99. The Hall–Kier alpha value is -1.64. The maximum atomic E-state index is 11.0. The number of carbonyl (C=O) groups excluding carboxylic acids is 2. The van der Waals surface area contributed by atoms with Gasteiger partial charge >= 0.3 is 0 Å². The van der Waals surface area contributed by atoms with Gasteiger partial charge in [-0.25, -0.2) is 0 Å². The summed E-state index contributed by atoms with van der Waals surface area (Å²) in [5, 5.41) is 0. The van der Waals surface area contributed by atoms with Gasteiger partial charge in [-0.15, -0.1) is 0 Å². The second-order valence-electron chi connectivity index (χ2n) is 3.41. The second kappa shape index (κ2) is 3.25. The van der Waals surface area contributed by atoms with Crippen LogP contribution in [-0.2, 0) is 14.3 Å². The van der Waals surface area contributed by atoms with Gasteiger partial charge in [-0.1, -0.05) is 0 Å². The summed E-state index contributed by atoms with van der Waals surface area (Å²) in [5.41, 5.74) is 1.79. The molecule has 0 bridgehead atoms. The molecule has 0 amide bonds. The van der Waals surface area contributed by atoms with Crippen LogP contribution in [0.15, 0.2) is 35.1 Å². The third kappa shape index (κ3) is 1.53. The summed E-state index contributed by atoms with van der Waals surface area (Å²) in [4.78, 5) is 21.9. The lowest BCUT2D eigenvalue weighted by Gasteiger charge is -2.02. The van der Waals surface area contributed by atoms with Crippen LogP contribution in [0.3, 0.4) is 0 Å². The first-order chi connectivity index (χ1) is 6.66. The summed E-state index contributed by atoms with van der Waals surface area (Å²) >= 11 is 0. The molecule has 3 nitrogen and oxygen atoms in total. The second-order valence-corrected chi connectivity index (χ2v) is 3.41. The van der Waals surface area contributed by atoms with Gasteiger partial charge in [-0.3, -0.25) is 9.59 Å². The Balaban J connectivity index is 2.31. The molecule has 0 N–H and O–H groups in total. The molecule has 0 radical (unpaired) electrons. The summed E-state index contributed by atoms with van der Waals surface area (Å²) in [6.45, 7) is 1.93. The number of hydrogen-bond acceptors (Lipinski definition) is 3. The smallest absolute Gasteiger partial charge is 0.179 e. The average Bonchev–Trinajstić information content (AvgIpc) is 2.47. The molecule has 0 spiro atoms. The maximum absolute atomic E-state index is 11.0. The molecule has 1 aliphatic carbocycles. The zero-order valence-electron chi connectivity index (χ0n) is 7.87. The zero-order chi connectivity index (χ0) is 10.1. The molecule has 0 atom stereocenters. The Morgan fingerprint density at radius 1 is 1.50 bits per heavy atom. The van der Waals surface area contributed by atoms with Crippen LogP contribution >= 0.6 is 0 Å². The molecular weight excluding hydrogens is 180 g/mol. The van der Waals surface area contributed by atoms with Crippen LogP contribution in [0.1, 0.15) is 13.3 Å². The van der Waals surface area contributed by atoms with E-state index in [0.29, 0.717) is 18.8 Å². The van der Waals surface area contributed by atoms with E-state index in [0.717, 1.165) is 11.1 Å². The molecule has 72 valence electrons. The van der Waals surface area contributed by atoms with E-state index >= 15 is 0 Å². The van der Waals surface area contributed by atoms with Crippen molar-refractivity contribution in [2.45, 2.75) is 13.3 Å². The largest absolute Gasteiger partial charge is 0.492 e. The number of allylic oxidation sites excluding steroid dienone is 4. The van der Waals surface area contributed by atoms with Gasteiger partial charge in [0.15, 0.2) is 5.78 Å². The topological polar surface area (TPSA) is 43.4 Å². The Morgan fingerprint density at radius 3 is 3.00 bits per heavy atom. The van der Waals surface area contributed by atoms with Gasteiger partial charge in [0, 0.05) is 11.1 Å². The van der Waals surface area contributed by atoms with Crippen molar-refractivity contribution >= 4 is 11.6 Å². The quantitative estimate of drug-likeness (QED) is 0.659. The monoisotopic (exact) mass is 190 g/mol. The van der Waals surface area contributed by atoms with E-state index in [1.54, 1.807) is 12.2 Å². The van der Waals surface area contributed by atoms with Crippen molar-refractivity contribution in [1.82, 2.24) is 0 Å². The third-order valence-electron chi connectivity index (χ3n) is 2.19. The molecule has 2 rings (SSSR count). The lowest BCUT2D eigenvalue weighted by atomic mass is 9.99. The van der Waals surface area contributed by atoms with E-state index in [-0.39, 0.29) is 11.6 Å². The molecule has 2 aliphatic rings. The first kappa shape index (κ1) is 8.94. The standard InChI is InChI=1S/C11H10O3/c1-7(12)4-11-10-3-2-9(13)5-8(10)6-14-11/h2-3,5H,4,6H2,1H3. The van der Waals surface area contributed by atoms with Crippen molar-refractivity contribution in [3.05, 3.63) is 35.1 Å². The van der Waals surface area contributed by atoms with Crippen LogP contribution in [-0.4, -0.2) is 18.2 Å². The van der Waals surface area contributed by atoms with Crippen LogP contribution < -0.4 is 0 Å². The van der Waals surface area contributed by atoms with E-state index in [4.69, 9.17) is 4.74 Å². The Bertz CT molecular complexity index is 397. The van der Waals surface area contributed by atoms with Gasteiger partial charge in [0.1, 0.15) is 18.1 Å². The van der Waals surface area contributed by atoms with Crippen LogP contribution in [0.2, 0.25) is 0 Å². The number of fused-ring (bicyclic) bond motifs is 1. The minimum atomic E-state index is -0.0172. The van der Waals surface area contributed by atoms with Gasteiger partial charge in [0.05, 0.1) is 6.42 Å². The maximum Gasteiger partial charge on any atom is 0.179 e. The SMILES string of the molecule is CC(=O)CC1=C2C=CC(=O)C=C2CO1. The third-order valence-corrected chi connectivity index (χ3v) is 2.19. The fraction of sp³-hybridized carbons (Fsp3) is 0.273. The molecule has 0 aromatic carbocycles. The van der Waals surface area contributed by atoms with Crippen LogP contribution in [0.4, 0.5) is 0 Å². The Morgan fingerprint density at radius 2 is 2.29 bits per heavy atom. The van der Waals surface area contributed by atoms with Crippen LogP contribution in [0.5, 0.6) is 0 Å². The van der Waals surface area contributed by atoms with Crippen LogP contribution in [0, 0.1) is 0 Å². The summed E-state index contributed by atoms with van der Waals surface area (Å²) in [5.74, 6) is 0.739. The predicted octanol–water partition coefficient (Wildman–Crippen LogP) is 1.32. The van der Waals surface area contributed by atoms with Crippen molar-refractivity contribution in [2.75, 3.05) is 6.61 Å². The molecule has 3 heteroatoms. The van der Waals surface area contributed by atoms with Gasteiger partial charge in [-0.05, 0) is 25.2 Å². The molecule has 0 aromatic heterocycles. The molecule has 0 fully saturated rings. The van der Waals surface area contributed by atoms with Gasteiger partial charge in [-0.2, -0.15) is 0 Å². The van der Waals surface area contributed by atoms with Crippen molar-refractivity contribution in [1.29, 1.82) is 0 Å². The normalized spacial score (nSPS) is 19.2. The fourth-order valence-corrected chi connectivity index (χ4v) is 1.58. The van der Waals surface area contributed by atoms with Gasteiger partial charge in [0.25, 0.3) is 0 Å². The molecule has 0 unspecified atom stereocenters. The van der Waals surface area contributed by atoms with Crippen molar-refractivity contribution in [3.63, 3.8) is 0 Å². The fourth-order valence-electron chi connectivity index (χ4n) is 1.58. The average molecular weight is 190 g/mol. The van der Waals surface area contributed by atoms with E-state index < -0.39 is 0 Å². The number of rotatable bonds is 2. The molecule has 1 heterocycles. The number of carbonyl (C=O) groups is 2. The highest BCUT2D eigenvalue weighted by Crippen LogP contribution is 2.30. The van der Waals surface area contributed by atoms with E-state index in [2.05, 4.69) is 0 Å². The highest BCUT2D eigenvalue weighted by atomic mass is 16.5. The summed E-state index contributed by atoms with van der Waals surface area (Å²) in [6.07, 6.45) is 5.09. The predicted molar refractivity (Wildman–Crippen MR) is 50.5 cm³/mol. The van der Waals surface area contributed by atoms with Crippen molar-refractivity contribution < 1.29 is 14.3 Å².